The number of hydrogen-bond acceptors (Lipinski definition) is 3. The largest absolute Gasteiger partial charge is 0.394 e. The van der Waals surface area contributed by atoms with Gasteiger partial charge in [0.25, 0.3) is 0 Å². The van der Waals surface area contributed by atoms with Gasteiger partial charge in [-0.25, -0.2) is 0 Å². The van der Waals surface area contributed by atoms with E-state index in [1.807, 2.05) is 0 Å². The summed E-state index contributed by atoms with van der Waals surface area (Å²) in [6, 6.07) is 0. The molecule has 5 rings (SSSR count). The summed E-state index contributed by atoms with van der Waals surface area (Å²) in [7, 11) is 0. The van der Waals surface area contributed by atoms with Crippen LogP contribution in [0.3, 0.4) is 0 Å². The molecular weight excluding hydrogens is 250 g/mol. The molecule has 4 bridgehead atoms. The topological polar surface area (TPSA) is 32.7 Å². The molecule has 0 aromatic rings. The van der Waals surface area contributed by atoms with E-state index in [1.54, 1.807) is 19.3 Å². The molecule has 1 unspecified atom stereocenters. The van der Waals surface area contributed by atoms with Crippen LogP contribution in [0.1, 0.15) is 44.9 Å². The molecule has 1 aliphatic heterocycles. The van der Waals surface area contributed by atoms with E-state index >= 15 is 0 Å². The molecule has 0 spiro atoms. The molecule has 5 aliphatic rings. The van der Waals surface area contributed by atoms with Crippen molar-refractivity contribution in [2.24, 2.45) is 23.2 Å². The predicted octanol–water partition coefficient (Wildman–Crippen LogP) is 2.29. The minimum absolute atomic E-state index is 0.0557. The quantitative estimate of drug-likeness (QED) is 0.857. The monoisotopic (exact) mass is 279 g/mol. The zero-order valence-electron chi connectivity index (χ0n) is 12.6. The maximum Gasteiger partial charge on any atom is 0.0932 e. The van der Waals surface area contributed by atoms with Gasteiger partial charge in [0, 0.05) is 13.1 Å². The molecule has 0 amide bonds. The van der Waals surface area contributed by atoms with Crippen LogP contribution in [0.4, 0.5) is 0 Å². The summed E-state index contributed by atoms with van der Waals surface area (Å²) in [6.07, 6.45) is 10.7. The lowest BCUT2D eigenvalue weighted by Crippen LogP contribution is -2.49. The Labute approximate surface area is 122 Å². The third kappa shape index (κ3) is 2.53. The Morgan fingerprint density at radius 1 is 1.05 bits per heavy atom. The van der Waals surface area contributed by atoms with Gasteiger partial charge in [0.05, 0.1) is 19.3 Å². The smallest absolute Gasteiger partial charge is 0.0932 e. The highest BCUT2D eigenvalue weighted by atomic mass is 16.5. The average molecular weight is 279 g/mol. The Morgan fingerprint density at radius 2 is 1.70 bits per heavy atom. The van der Waals surface area contributed by atoms with Crippen molar-refractivity contribution >= 4 is 0 Å². The molecule has 1 N–H and O–H groups in total. The number of aliphatic hydroxyl groups is 1. The third-order valence-corrected chi connectivity index (χ3v) is 6.55. The predicted molar refractivity (Wildman–Crippen MR) is 78.5 cm³/mol. The molecule has 3 heteroatoms. The fraction of sp³-hybridized carbons (Fsp3) is 1.00. The Morgan fingerprint density at radius 3 is 2.30 bits per heavy atom. The van der Waals surface area contributed by atoms with Gasteiger partial charge in [0.2, 0.25) is 0 Å². The number of nitrogens with zero attached hydrogens (tertiary/aromatic N) is 1. The molecule has 0 aromatic heterocycles. The summed E-state index contributed by atoms with van der Waals surface area (Å²) in [4.78, 5) is 2.53. The van der Waals surface area contributed by atoms with E-state index in [1.165, 1.54) is 32.2 Å². The SMILES string of the molecule is OCC1CN(CCC23CC4CC(CC(C4)C2)C3)CCO1. The number of ether oxygens (including phenoxy) is 1. The van der Waals surface area contributed by atoms with Gasteiger partial charge in [0.1, 0.15) is 0 Å². The van der Waals surface area contributed by atoms with Gasteiger partial charge in [-0.1, -0.05) is 0 Å². The molecule has 0 aromatic carbocycles. The zero-order chi connectivity index (χ0) is 13.6. The van der Waals surface area contributed by atoms with Gasteiger partial charge in [-0.05, 0) is 74.7 Å². The van der Waals surface area contributed by atoms with Gasteiger partial charge in [0.15, 0.2) is 0 Å². The first-order chi connectivity index (χ1) is 9.75. The van der Waals surface area contributed by atoms with Crippen molar-refractivity contribution in [2.45, 2.75) is 51.0 Å². The maximum absolute atomic E-state index is 9.26. The highest BCUT2D eigenvalue weighted by Gasteiger charge is 2.50. The summed E-state index contributed by atoms with van der Waals surface area (Å²) in [5, 5.41) is 9.26. The molecular formula is C17H29NO2. The second-order valence-electron chi connectivity index (χ2n) is 8.14. The van der Waals surface area contributed by atoms with E-state index in [9.17, 15) is 5.11 Å². The van der Waals surface area contributed by atoms with E-state index in [4.69, 9.17) is 4.74 Å². The summed E-state index contributed by atoms with van der Waals surface area (Å²) in [5.41, 5.74) is 0.696. The first kappa shape index (κ1) is 13.5. The van der Waals surface area contributed by atoms with Crippen molar-refractivity contribution in [3.05, 3.63) is 0 Å². The molecule has 5 fully saturated rings. The van der Waals surface area contributed by atoms with Crippen LogP contribution in [0.15, 0.2) is 0 Å². The number of morpholine rings is 1. The van der Waals surface area contributed by atoms with E-state index < -0.39 is 0 Å². The lowest BCUT2D eigenvalue weighted by atomic mass is 9.49. The Hall–Kier alpha value is -0.120. The number of hydrogen-bond donors (Lipinski definition) is 1. The van der Waals surface area contributed by atoms with Crippen LogP contribution >= 0.6 is 0 Å². The van der Waals surface area contributed by atoms with E-state index in [0.29, 0.717) is 5.41 Å². The standard InChI is InChI=1S/C17H29NO2/c19-12-16-11-18(3-4-20-16)2-1-17-8-13-5-14(9-17)7-15(6-13)10-17/h13-16,19H,1-12H2. The van der Waals surface area contributed by atoms with Crippen LogP contribution in [0, 0.1) is 23.2 Å². The average Bonchev–Trinajstić information content (AvgIpc) is 2.44. The lowest BCUT2D eigenvalue weighted by Gasteiger charge is -2.57. The Balaban J connectivity index is 1.35. The molecule has 1 saturated heterocycles. The highest BCUT2D eigenvalue weighted by Crippen LogP contribution is 2.61. The van der Waals surface area contributed by atoms with Gasteiger partial charge >= 0.3 is 0 Å². The fourth-order valence-electron chi connectivity index (χ4n) is 6.09. The fourth-order valence-corrected chi connectivity index (χ4v) is 6.09. The van der Waals surface area contributed by atoms with Gasteiger partial charge in [-0.15, -0.1) is 0 Å². The van der Waals surface area contributed by atoms with E-state index in [0.717, 1.165) is 37.5 Å². The summed E-state index contributed by atoms with van der Waals surface area (Å²) >= 11 is 0. The van der Waals surface area contributed by atoms with Crippen molar-refractivity contribution in [1.29, 1.82) is 0 Å². The molecule has 3 nitrogen and oxygen atoms in total. The lowest BCUT2D eigenvalue weighted by molar-refractivity contribution is -0.0779. The van der Waals surface area contributed by atoms with Crippen LogP contribution in [-0.2, 0) is 4.74 Å². The molecule has 114 valence electrons. The van der Waals surface area contributed by atoms with Crippen LogP contribution < -0.4 is 0 Å². The molecule has 1 atom stereocenters. The minimum atomic E-state index is 0.0557. The normalized spacial score (nSPS) is 47.9. The summed E-state index contributed by atoms with van der Waals surface area (Å²) in [6.45, 7) is 4.19. The minimum Gasteiger partial charge on any atom is -0.394 e. The van der Waals surface area contributed by atoms with Crippen LogP contribution in [0.5, 0.6) is 0 Å². The Bertz CT molecular complexity index is 322. The van der Waals surface area contributed by atoms with E-state index in [-0.39, 0.29) is 12.7 Å². The summed E-state index contributed by atoms with van der Waals surface area (Å²) < 4.78 is 5.56. The molecule has 20 heavy (non-hydrogen) atoms. The molecule has 4 saturated carbocycles. The zero-order valence-corrected chi connectivity index (χ0v) is 12.6. The van der Waals surface area contributed by atoms with E-state index in [2.05, 4.69) is 4.90 Å². The number of aliphatic hydroxyl groups excluding tert-OH is 1. The number of rotatable bonds is 4. The van der Waals surface area contributed by atoms with Crippen LogP contribution in [0.25, 0.3) is 0 Å². The van der Waals surface area contributed by atoms with Crippen molar-refractivity contribution < 1.29 is 9.84 Å². The molecule has 0 radical (unpaired) electrons. The van der Waals surface area contributed by atoms with Crippen molar-refractivity contribution in [3.8, 4) is 0 Å². The first-order valence-corrected chi connectivity index (χ1v) is 8.69. The molecule has 4 aliphatic carbocycles. The van der Waals surface area contributed by atoms with Crippen molar-refractivity contribution in [2.75, 3.05) is 32.8 Å². The maximum atomic E-state index is 9.26. The highest BCUT2D eigenvalue weighted by molar-refractivity contribution is 5.01. The van der Waals surface area contributed by atoms with Gasteiger partial charge in [-0.2, -0.15) is 0 Å². The van der Waals surface area contributed by atoms with Crippen LogP contribution in [-0.4, -0.2) is 49.0 Å². The van der Waals surface area contributed by atoms with Gasteiger partial charge < -0.3 is 9.84 Å². The molecule has 1 heterocycles. The third-order valence-electron chi connectivity index (χ3n) is 6.55. The second-order valence-corrected chi connectivity index (χ2v) is 8.14. The van der Waals surface area contributed by atoms with Gasteiger partial charge in [-0.3, -0.25) is 4.90 Å². The first-order valence-electron chi connectivity index (χ1n) is 8.69. The summed E-state index contributed by atoms with van der Waals surface area (Å²) in [5.74, 6) is 3.20. The second kappa shape index (κ2) is 5.26. The Kier molecular flexibility index (Phi) is 3.56. The van der Waals surface area contributed by atoms with Crippen molar-refractivity contribution in [1.82, 2.24) is 4.90 Å². The van der Waals surface area contributed by atoms with Crippen molar-refractivity contribution in [3.63, 3.8) is 0 Å². The van der Waals surface area contributed by atoms with Crippen LogP contribution in [0.2, 0.25) is 0 Å².